The van der Waals surface area contributed by atoms with Crippen LogP contribution in [0.2, 0.25) is 0 Å². The fourth-order valence-electron chi connectivity index (χ4n) is 6.08. The molecule has 2 aliphatic carbocycles. The molecule has 7 atom stereocenters. The predicted molar refractivity (Wildman–Crippen MR) is 88.3 cm³/mol. The van der Waals surface area contributed by atoms with Gasteiger partial charge in [-0.25, -0.2) is 0 Å². The lowest BCUT2D eigenvalue weighted by molar-refractivity contribution is -0.200. The van der Waals surface area contributed by atoms with Gasteiger partial charge < -0.3 is 18.6 Å². The van der Waals surface area contributed by atoms with E-state index in [2.05, 4.69) is 13.0 Å². The molecule has 0 N–H and O–H groups in total. The molecule has 5 nitrogen and oxygen atoms in total. The molecule has 134 valence electrons. The van der Waals surface area contributed by atoms with Gasteiger partial charge in [-0.3, -0.25) is 4.79 Å². The van der Waals surface area contributed by atoms with E-state index in [0.29, 0.717) is 11.8 Å². The van der Waals surface area contributed by atoms with Gasteiger partial charge >= 0.3 is 5.97 Å². The van der Waals surface area contributed by atoms with Crippen LogP contribution < -0.4 is 0 Å². The van der Waals surface area contributed by atoms with Crippen LogP contribution in [0.1, 0.15) is 44.3 Å². The van der Waals surface area contributed by atoms with E-state index in [1.54, 1.807) is 12.5 Å². The number of allylic oxidation sites excluding steroid dienone is 1. The Hall–Kier alpha value is -1.59. The summed E-state index contributed by atoms with van der Waals surface area (Å²) in [4.78, 5) is 12.4. The van der Waals surface area contributed by atoms with Gasteiger partial charge in [0.15, 0.2) is 6.29 Å². The third-order valence-electron chi connectivity index (χ3n) is 7.31. The molecule has 1 aromatic heterocycles. The van der Waals surface area contributed by atoms with Crippen molar-refractivity contribution < 1.29 is 23.4 Å². The normalized spacial score (nSPS) is 47.4. The molecule has 3 fully saturated rings. The summed E-state index contributed by atoms with van der Waals surface area (Å²) in [6.45, 7) is 2.32. The average molecular weight is 344 g/mol. The van der Waals surface area contributed by atoms with Gasteiger partial charge in [0.1, 0.15) is 5.92 Å². The zero-order chi connectivity index (χ0) is 17.2. The van der Waals surface area contributed by atoms with Gasteiger partial charge in [0.2, 0.25) is 0 Å². The second-order valence-corrected chi connectivity index (χ2v) is 8.06. The molecule has 2 bridgehead atoms. The summed E-state index contributed by atoms with van der Waals surface area (Å²) in [5.74, 6) is 0.263. The maximum absolute atomic E-state index is 12.4. The van der Waals surface area contributed by atoms with Crippen LogP contribution in [-0.4, -0.2) is 25.0 Å². The Morgan fingerprint density at radius 3 is 3.04 bits per heavy atom. The second-order valence-electron chi connectivity index (χ2n) is 8.06. The minimum absolute atomic E-state index is 0.00443. The molecule has 5 heteroatoms. The molecule has 1 spiro atoms. The van der Waals surface area contributed by atoms with E-state index in [-0.39, 0.29) is 29.7 Å². The molecule has 4 aliphatic rings. The van der Waals surface area contributed by atoms with E-state index in [9.17, 15) is 4.79 Å². The lowest BCUT2D eigenvalue weighted by Gasteiger charge is -2.51. The van der Waals surface area contributed by atoms with Gasteiger partial charge in [-0.15, -0.1) is 0 Å². The highest BCUT2D eigenvalue weighted by Crippen LogP contribution is 2.71. The van der Waals surface area contributed by atoms with E-state index < -0.39 is 5.60 Å². The molecule has 1 saturated carbocycles. The van der Waals surface area contributed by atoms with Crippen LogP contribution in [0.3, 0.4) is 0 Å². The Bertz CT molecular complexity index is 710. The Morgan fingerprint density at radius 1 is 1.40 bits per heavy atom. The van der Waals surface area contributed by atoms with Crippen molar-refractivity contribution in [2.24, 2.45) is 23.2 Å². The third kappa shape index (κ3) is 1.83. The maximum atomic E-state index is 12.4. The average Bonchev–Trinajstić information content (AvgIpc) is 3.30. The smallest absolute Gasteiger partial charge is 0.315 e. The van der Waals surface area contributed by atoms with E-state index in [1.807, 2.05) is 12.1 Å². The quantitative estimate of drug-likeness (QED) is 0.606. The molecule has 1 aromatic rings. The van der Waals surface area contributed by atoms with Crippen molar-refractivity contribution in [3.8, 4) is 0 Å². The van der Waals surface area contributed by atoms with Gasteiger partial charge in [0, 0.05) is 16.9 Å². The predicted octanol–water partition coefficient (Wildman–Crippen LogP) is 3.62. The van der Waals surface area contributed by atoms with Gasteiger partial charge in [-0.1, -0.05) is 19.1 Å². The van der Waals surface area contributed by atoms with Crippen molar-refractivity contribution in [1.82, 2.24) is 0 Å². The number of rotatable bonds is 2. The highest BCUT2D eigenvalue weighted by atomic mass is 16.7. The summed E-state index contributed by atoms with van der Waals surface area (Å²) < 4.78 is 23.4. The number of hydrogen-bond acceptors (Lipinski definition) is 5. The van der Waals surface area contributed by atoms with Crippen molar-refractivity contribution in [3.05, 3.63) is 36.3 Å². The zero-order valence-electron chi connectivity index (χ0n) is 14.6. The maximum Gasteiger partial charge on any atom is 0.315 e. The van der Waals surface area contributed by atoms with Crippen molar-refractivity contribution >= 4 is 5.97 Å². The molecule has 0 amide bonds. The molecule has 3 heterocycles. The van der Waals surface area contributed by atoms with Crippen LogP contribution in [0.4, 0.5) is 0 Å². The van der Waals surface area contributed by atoms with Crippen molar-refractivity contribution in [2.45, 2.75) is 50.6 Å². The largest absolute Gasteiger partial charge is 0.472 e. The molecule has 5 rings (SSSR count). The lowest BCUT2D eigenvalue weighted by Crippen LogP contribution is -2.55. The first kappa shape index (κ1) is 15.6. The molecule has 0 aromatic carbocycles. The summed E-state index contributed by atoms with van der Waals surface area (Å²) in [5.41, 5.74) is 0.559. The first-order chi connectivity index (χ1) is 12.1. The van der Waals surface area contributed by atoms with E-state index in [0.717, 1.165) is 31.2 Å². The Kier molecular flexibility index (Phi) is 3.26. The highest BCUT2D eigenvalue weighted by molar-refractivity contribution is 5.76. The van der Waals surface area contributed by atoms with Gasteiger partial charge in [-0.2, -0.15) is 0 Å². The summed E-state index contributed by atoms with van der Waals surface area (Å²) in [7, 11) is 1.46. The van der Waals surface area contributed by atoms with Crippen LogP contribution in [0, 0.1) is 23.2 Å². The third-order valence-corrected chi connectivity index (χ3v) is 7.31. The highest BCUT2D eigenvalue weighted by Gasteiger charge is 2.74. The second kappa shape index (κ2) is 5.21. The summed E-state index contributed by atoms with van der Waals surface area (Å²) in [6.07, 6.45) is 11.1. The van der Waals surface area contributed by atoms with E-state index >= 15 is 0 Å². The molecule has 0 radical (unpaired) electrons. The summed E-state index contributed by atoms with van der Waals surface area (Å²) in [5, 5.41) is 0. The first-order valence-electron chi connectivity index (χ1n) is 9.21. The molecular formula is C20H24O5. The van der Waals surface area contributed by atoms with Crippen LogP contribution >= 0.6 is 0 Å². The lowest BCUT2D eigenvalue weighted by atomic mass is 9.51. The van der Waals surface area contributed by atoms with Gasteiger partial charge in [0.25, 0.3) is 0 Å². The number of hydrogen-bond donors (Lipinski definition) is 0. The van der Waals surface area contributed by atoms with Crippen LogP contribution in [0.25, 0.3) is 0 Å². The Balaban J connectivity index is 1.56. The molecule has 2 saturated heterocycles. The first-order valence-corrected chi connectivity index (χ1v) is 9.21. The molecule has 2 aliphatic heterocycles. The number of carbonyl (C=O) groups is 1. The molecular weight excluding hydrogens is 320 g/mol. The monoisotopic (exact) mass is 344 g/mol. The topological polar surface area (TPSA) is 57.9 Å². The summed E-state index contributed by atoms with van der Waals surface area (Å²) >= 11 is 0. The van der Waals surface area contributed by atoms with Crippen LogP contribution in [0.5, 0.6) is 0 Å². The molecule has 1 unspecified atom stereocenters. The zero-order valence-corrected chi connectivity index (χ0v) is 14.6. The van der Waals surface area contributed by atoms with Crippen LogP contribution in [0.15, 0.2) is 35.2 Å². The fourth-order valence-corrected chi connectivity index (χ4v) is 6.08. The number of ether oxygens (including phenoxy) is 3. The number of carbonyl (C=O) groups excluding carboxylic acids is 1. The van der Waals surface area contributed by atoms with E-state index in [1.165, 1.54) is 7.11 Å². The number of esters is 1. The number of furan rings is 1. The Morgan fingerprint density at radius 2 is 2.28 bits per heavy atom. The SMILES string of the molecule is COC(=O)[C@@H]1C=CC[C@@H]2C13CC[C@@H](C)[C@]21C[C@@H](c2ccoc2)O[C@@H]1O3. The standard InChI is InChI=1S/C20H24O5/c1-12-6-8-20-14(17(21)22-2)4-3-5-16(20)19(12)10-15(24-18(19)25-20)13-7-9-23-11-13/h3-4,7,9,11-12,14-16,18H,5-6,8,10H2,1-2H3/t12-,14+,15+,16+,18-,19-,20?/m1/s1. The van der Waals surface area contributed by atoms with Gasteiger partial charge in [-0.05, 0) is 37.7 Å². The van der Waals surface area contributed by atoms with Gasteiger partial charge in [0.05, 0.1) is 31.3 Å². The number of methoxy groups -OCH3 is 1. The van der Waals surface area contributed by atoms with Crippen molar-refractivity contribution in [3.63, 3.8) is 0 Å². The molecule has 25 heavy (non-hydrogen) atoms. The van der Waals surface area contributed by atoms with Crippen molar-refractivity contribution in [1.29, 1.82) is 0 Å². The van der Waals surface area contributed by atoms with Crippen LogP contribution in [-0.2, 0) is 19.0 Å². The summed E-state index contributed by atoms with van der Waals surface area (Å²) in [6, 6.07) is 1.97. The van der Waals surface area contributed by atoms with E-state index in [4.69, 9.17) is 18.6 Å². The minimum atomic E-state index is -0.472. The minimum Gasteiger partial charge on any atom is -0.472 e. The fraction of sp³-hybridized carbons (Fsp3) is 0.650. The van der Waals surface area contributed by atoms with Crippen molar-refractivity contribution in [2.75, 3.05) is 7.11 Å². The Labute approximate surface area is 147 Å².